The van der Waals surface area contributed by atoms with Gasteiger partial charge in [-0.25, -0.2) is 4.98 Å². The van der Waals surface area contributed by atoms with Crippen molar-refractivity contribution >= 4 is 22.1 Å². The molecule has 4 rings (SSSR count). The summed E-state index contributed by atoms with van der Waals surface area (Å²) in [5.41, 5.74) is 2.52. The Morgan fingerprint density at radius 2 is 1.95 bits per heavy atom. The van der Waals surface area contributed by atoms with Crippen LogP contribution in [0.4, 0.5) is 0 Å². The van der Waals surface area contributed by atoms with Gasteiger partial charge in [0.25, 0.3) is 0 Å². The Kier molecular flexibility index (Phi) is 3.06. The fourth-order valence-electron chi connectivity index (χ4n) is 3.48. The molecular formula is C16H21N3OS. The number of thiazole rings is 1. The van der Waals surface area contributed by atoms with Crippen LogP contribution in [0.2, 0.25) is 0 Å². The topological polar surface area (TPSA) is 37.6 Å². The molecule has 3 heterocycles. The third-order valence-corrected chi connectivity index (χ3v) is 5.92. The fraction of sp³-hybridized carbons (Fsp3) is 0.625. The van der Waals surface area contributed by atoms with E-state index in [4.69, 9.17) is 4.98 Å². The molecule has 21 heavy (non-hydrogen) atoms. The van der Waals surface area contributed by atoms with Crippen LogP contribution in [0.3, 0.4) is 0 Å². The van der Waals surface area contributed by atoms with Gasteiger partial charge in [0.15, 0.2) is 0 Å². The summed E-state index contributed by atoms with van der Waals surface area (Å²) in [6, 6.07) is 0. The summed E-state index contributed by atoms with van der Waals surface area (Å²) >= 11 is 1.80. The zero-order chi connectivity index (χ0) is 14.6. The van der Waals surface area contributed by atoms with Gasteiger partial charge in [-0.1, -0.05) is 0 Å². The van der Waals surface area contributed by atoms with E-state index in [1.807, 2.05) is 0 Å². The van der Waals surface area contributed by atoms with Crippen LogP contribution in [0.25, 0.3) is 4.83 Å². The summed E-state index contributed by atoms with van der Waals surface area (Å²) in [6.07, 6.45) is 4.32. The van der Waals surface area contributed by atoms with E-state index in [2.05, 4.69) is 28.5 Å². The standard InChI is InChI=1S/C16H21N3OS/c1-10-9-21-16-14(17-11(2)19(10)16)12-5-7-18(8-6-12)15(20)13-3-4-13/h9,12-13H,3-8H2,1-2H3. The highest BCUT2D eigenvalue weighted by Gasteiger charge is 2.35. The molecule has 1 amide bonds. The van der Waals surface area contributed by atoms with Crippen LogP contribution in [-0.4, -0.2) is 33.3 Å². The molecule has 2 aromatic heterocycles. The molecule has 0 N–H and O–H groups in total. The summed E-state index contributed by atoms with van der Waals surface area (Å²) in [7, 11) is 0. The van der Waals surface area contributed by atoms with Crippen LogP contribution >= 0.6 is 11.3 Å². The van der Waals surface area contributed by atoms with E-state index in [1.165, 1.54) is 16.2 Å². The first-order valence-electron chi connectivity index (χ1n) is 7.87. The predicted molar refractivity (Wildman–Crippen MR) is 83.8 cm³/mol. The van der Waals surface area contributed by atoms with Crippen molar-refractivity contribution in [3.63, 3.8) is 0 Å². The number of carbonyl (C=O) groups is 1. The van der Waals surface area contributed by atoms with E-state index in [0.29, 0.717) is 17.7 Å². The maximum atomic E-state index is 12.1. The van der Waals surface area contributed by atoms with Gasteiger partial charge in [0.1, 0.15) is 10.7 Å². The minimum Gasteiger partial charge on any atom is -0.342 e. The molecule has 5 heteroatoms. The number of aryl methyl sites for hydroxylation is 2. The summed E-state index contributed by atoms with van der Waals surface area (Å²) in [5, 5.41) is 2.21. The van der Waals surface area contributed by atoms with Gasteiger partial charge in [-0.3, -0.25) is 9.20 Å². The molecule has 112 valence electrons. The third-order valence-electron chi connectivity index (χ3n) is 4.84. The second kappa shape index (κ2) is 4.83. The average molecular weight is 303 g/mol. The Morgan fingerprint density at radius 3 is 2.62 bits per heavy atom. The number of piperidine rings is 1. The SMILES string of the molecule is Cc1csc2c(C3CCN(C(=O)C4CC4)CC3)nc(C)n12. The van der Waals surface area contributed by atoms with Gasteiger partial charge in [0.2, 0.25) is 5.91 Å². The van der Waals surface area contributed by atoms with Crippen LogP contribution in [0.15, 0.2) is 5.38 Å². The number of likely N-dealkylation sites (tertiary alicyclic amines) is 1. The molecular weight excluding hydrogens is 282 g/mol. The summed E-state index contributed by atoms with van der Waals surface area (Å²) in [6.45, 7) is 6.03. The molecule has 1 saturated heterocycles. The van der Waals surface area contributed by atoms with Crippen molar-refractivity contribution in [2.45, 2.75) is 45.4 Å². The first-order chi connectivity index (χ1) is 10.1. The molecule has 0 bridgehead atoms. The molecule has 1 aliphatic heterocycles. The van der Waals surface area contributed by atoms with Crippen molar-refractivity contribution in [2.75, 3.05) is 13.1 Å². The first kappa shape index (κ1) is 13.3. The predicted octanol–water partition coefficient (Wildman–Crippen LogP) is 3.13. The number of carbonyl (C=O) groups excluding carboxylic acids is 1. The van der Waals surface area contributed by atoms with Gasteiger partial charge in [-0.15, -0.1) is 11.3 Å². The van der Waals surface area contributed by atoms with E-state index in [0.717, 1.165) is 44.6 Å². The van der Waals surface area contributed by atoms with E-state index in [9.17, 15) is 4.79 Å². The van der Waals surface area contributed by atoms with Crippen LogP contribution in [-0.2, 0) is 4.79 Å². The van der Waals surface area contributed by atoms with Crippen LogP contribution < -0.4 is 0 Å². The molecule has 1 aliphatic carbocycles. The van der Waals surface area contributed by atoms with Gasteiger partial charge in [-0.05, 0) is 39.5 Å². The van der Waals surface area contributed by atoms with Crippen molar-refractivity contribution in [3.8, 4) is 0 Å². The quantitative estimate of drug-likeness (QED) is 0.855. The number of imidazole rings is 1. The molecule has 0 aromatic carbocycles. The Morgan fingerprint density at radius 1 is 1.24 bits per heavy atom. The summed E-state index contributed by atoms with van der Waals surface area (Å²) in [4.78, 5) is 20.3. The highest BCUT2D eigenvalue weighted by atomic mass is 32.1. The van der Waals surface area contributed by atoms with Crippen LogP contribution in [0, 0.1) is 19.8 Å². The number of rotatable bonds is 2. The molecule has 0 radical (unpaired) electrons. The number of fused-ring (bicyclic) bond motifs is 1. The molecule has 0 atom stereocenters. The highest BCUT2D eigenvalue weighted by molar-refractivity contribution is 7.15. The van der Waals surface area contributed by atoms with Gasteiger partial charge in [0, 0.05) is 36.0 Å². The molecule has 0 unspecified atom stereocenters. The van der Waals surface area contributed by atoms with Crippen molar-refractivity contribution in [1.29, 1.82) is 0 Å². The number of nitrogens with zero attached hydrogens (tertiary/aromatic N) is 3. The Bertz CT molecular complexity index is 690. The van der Waals surface area contributed by atoms with Gasteiger partial charge in [-0.2, -0.15) is 0 Å². The van der Waals surface area contributed by atoms with Gasteiger partial charge >= 0.3 is 0 Å². The normalized spacial score (nSPS) is 20.4. The number of hydrogen-bond acceptors (Lipinski definition) is 3. The monoisotopic (exact) mass is 303 g/mol. The minimum absolute atomic E-state index is 0.350. The van der Waals surface area contributed by atoms with Crippen molar-refractivity contribution in [2.24, 2.45) is 5.92 Å². The molecule has 2 fully saturated rings. The number of amides is 1. The van der Waals surface area contributed by atoms with Crippen LogP contribution in [0.1, 0.15) is 48.8 Å². The minimum atomic E-state index is 0.350. The Balaban J connectivity index is 1.53. The smallest absolute Gasteiger partial charge is 0.225 e. The summed E-state index contributed by atoms with van der Waals surface area (Å²) in [5.74, 6) is 2.35. The van der Waals surface area contributed by atoms with E-state index in [1.54, 1.807) is 11.3 Å². The average Bonchev–Trinajstić information content (AvgIpc) is 3.19. The van der Waals surface area contributed by atoms with Crippen molar-refractivity contribution in [1.82, 2.24) is 14.3 Å². The largest absolute Gasteiger partial charge is 0.342 e. The lowest BCUT2D eigenvalue weighted by Gasteiger charge is -2.31. The second-order valence-electron chi connectivity index (χ2n) is 6.44. The highest BCUT2D eigenvalue weighted by Crippen LogP contribution is 2.36. The third kappa shape index (κ3) is 2.18. The molecule has 2 aromatic rings. The van der Waals surface area contributed by atoms with E-state index < -0.39 is 0 Å². The second-order valence-corrected chi connectivity index (χ2v) is 7.29. The lowest BCUT2D eigenvalue weighted by Crippen LogP contribution is -2.38. The lowest BCUT2D eigenvalue weighted by atomic mass is 9.94. The zero-order valence-corrected chi connectivity index (χ0v) is 13.4. The molecule has 4 nitrogen and oxygen atoms in total. The number of aromatic nitrogens is 2. The Hall–Kier alpha value is -1.36. The summed E-state index contributed by atoms with van der Waals surface area (Å²) < 4.78 is 2.27. The first-order valence-corrected chi connectivity index (χ1v) is 8.75. The van der Waals surface area contributed by atoms with Gasteiger partial charge < -0.3 is 4.90 Å². The molecule has 1 saturated carbocycles. The zero-order valence-electron chi connectivity index (χ0n) is 12.6. The lowest BCUT2D eigenvalue weighted by molar-refractivity contribution is -0.133. The van der Waals surface area contributed by atoms with Gasteiger partial charge in [0.05, 0.1) is 5.69 Å². The van der Waals surface area contributed by atoms with Crippen molar-refractivity contribution < 1.29 is 4.79 Å². The maximum Gasteiger partial charge on any atom is 0.225 e. The number of hydrogen-bond donors (Lipinski definition) is 0. The maximum absolute atomic E-state index is 12.1. The van der Waals surface area contributed by atoms with Crippen LogP contribution in [0.5, 0.6) is 0 Å². The fourth-order valence-corrected chi connectivity index (χ4v) is 4.59. The molecule has 0 spiro atoms. The molecule has 2 aliphatic rings. The Labute approximate surface area is 128 Å². The van der Waals surface area contributed by atoms with E-state index in [-0.39, 0.29) is 0 Å². The van der Waals surface area contributed by atoms with Crippen molar-refractivity contribution in [3.05, 3.63) is 22.6 Å². The van der Waals surface area contributed by atoms with E-state index >= 15 is 0 Å².